The van der Waals surface area contributed by atoms with Crippen molar-refractivity contribution in [2.75, 3.05) is 18.0 Å². The van der Waals surface area contributed by atoms with Gasteiger partial charge in [-0.2, -0.15) is 0 Å². The van der Waals surface area contributed by atoms with Gasteiger partial charge in [0.1, 0.15) is 5.02 Å². The SMILES string of the molecule is O=C(C=Cc1ccc(Cl)c([N+](=O)[O-])c1)c1ccc(N2CCCCCC2)cc1. The molecule has 1 heterocycles. The second kappa shape index (κ2) is 8.82. The highest BCUT2D eigenvalue weighted by Gasteiger charge is 2.12. The summed E-state index contributed by atoms with van der Waals surface area (Å²) < 4.78 is 0. The number of nitrogens with zero attached hydrogens (tertiary/aromatic N) is 2. The van der Waals surface area contributed by atoms with Crippen LogP contribution in [0.15, 0.2) is 48.5 Å². The third-order valence-electron chi connectivity index (χ3n) is 4.72. The standard InChI is InChI=1S/C21H21ClN2O3/c22-19-11-5-16(15-20(19)24(26)27)6-12-21(25)17-7-9-18(10-8-17)23-13-3-1-2-4-14-23/h5-12,15H,1-4,13-14H2. The second-order valence-corrected chi connectivity index (χ2v) is 7.02. The minimum Gasteiger partial charge on any atom is -0.372 e. The van der Waals surface area contributed by atoms with Gasteiger partial charge in [-0.05, 0) is 54.8 Å². The van der Waals surface area contributed by atoms with Crippen LogP contribution >= 0.6 is 11.6 Å². The van der Waals surface area contributed by atoms with Crippen LogP contribution in [0.1, 0.15) is 41.6 Å². The molecule has 2 aromatic carbocycles. The third kappa shape index (κ3) is 4.95. The monoisotopic (exact) mass is 384 g/mol. The summed E-state index contributed by atoms with van der Waals surface area (Å²) >= 11 is 5.80. The van der Waals surface area contributed by atoms with E-state index in [2.05, 4.69) is 4.90 Å². The molecule has 1 aliphatic rings. The van der Waals surface area contributed by atoms with Crippen molar-refractivity contribution in [2.45, 2.75) is 25.7 Å². The first-order valence-corrected chi connectivity index (χ1v) is 9.44. The van der Waals surface area contributed by atoms with E-state index in [0.717, 1.165) is 18.8 Å². The van der Waals surface area contributed by atoms with Gasteiger partial charge in [0.15, 0.2) is 5.78 Å². The summed E-state index contributed by atoms with van der Waals surface area (Å²) in [7, 11) is 0. The molecule has 140 valence electrons. The van der Waals surface area contributed by atoms with Crippen molar-refractivity contribution in [3.8, 4) is 0 Å². The van der Waals surface area contributed by atoms with Gasteiger partial charge in [0, 0.05) is 30.4 Å². The minimum absolute atomic E-state index is 0.0765. The number of ketones is 1. The first-order chi connectivity index (χ1) is 13.0. The van der Waals surface area contributed by atoms with Gasteiger partial charge in [-0.3, -0.25) is 14.9 Å². The van der Waals surface area contributed by atoms with E-state index in [1.54, 1.807) is 12.1 Å². The van der Waals surface area contributed by atoms with Crippen molar-refractivity contribution in [2.24, 2.45) is 0 Å². The molecule has 0 unspecified atom stereocenters. The fourth-order valence-corrected chi connectivity index (χ4v) is 3.39. The molecule has 5 nitrogen and oxygen atoms in total. The Morgan fingerprint density at radius 3 is 2.33 bits per heavy atom. The van der Waals surface area contributed by atoms with E-state index in [-0.39, 0.29) is 16.5 Å². The number of halogens is 1. The van der Waals surface area contributed by atoms with Crippen molar-refractivity contribution >= 4 is 34.8 Å². The number of nitro groups is 1. The molecular weight excluding hydrogens is 364 g/mol. The molecule has 2 aromatic rings. The quantitative estimate of drug-likeness (QED) is 0.294. The van der Waals surface area contributed by atoms with E-state index in [1.807, 2.05) is 24.3 Å². The first-order valence-electron chi connectivity index (χ1n) is 9.06. The zero-order valence-corrected chi connectivity index (χ0v) is 15.7. The van der Waals surface area contributed by atoms with Crippen LogP contribution in [-0.4, -0.2) is 23.8 Å². The molecule has 0 spiro atoms. The highest BCUT2D eigenvalue weighted by Crippen LogP contribution is 2.26. The summed E-state index contributed by atoms with van der Waals surface area (Å²) in [6, 6.07) is 12.1. The van der Waals surface area contributed by atoms with Crippen LogP contribution in [-0.2, 0) is 0 Å². The number of allylic oxidation sites excluding steroid dienone is 1. The molecule has 0 aromatic heterocycles. The van der Waals surface area contributed by atoms with Gasteiger partial charge >= 0.3 is 0 Å². The van der Waals surface area contributed by atoms with Gasteiger partial charge < -0.3 is 4.90 Å². The topological polar surface area (TPSA) is 63.4 Å². The summed E-state index contributed by atoms with van der Waals surface area (Å²) in [6.07, 6.45) is 7.96. The molecule has 0 aliphatic carbocycles. The fraction of sp³-hybridized carbons (Fsp3) is 0.286. The lowest BCUT2D eigenvalue weighted by molar-refractivity contribution is -0.384. The van der Waals surface area contributed by atoms with Crippen molar-refractivity contribution in [3.63, 3.8) is 0 Å². The summed E-state index contributed by atoms with van der Waals surface area (Å²) in [5.41, 5.74) is 2.12. The maximum absolute atomic E-state index is 12.4. The van der Waals surface area contributed by atoms with Crippen LogP contribution in [0.25, 0.3) is 6.08 Å². The average Bonchev–Trinajstić information content (AvgIpc) is 2.96. The van der Waals surface area contributed by atoms with E-state index in [9.17, 15) is 14.9 Å². The van der Waals surface area contributed by atoms with E-state index in [4.69, 9.17) is 11.6 Å². The number of carbonyl (C=O) groups is 1. The molecule has 0 bridgehead atoms. The average molecular weight is 385 g/mol. The maximum Gasteiger partial charge on any atom is 0.288 e. The second-order valence-electron chi connectivity index (χ2n) is 6.61. The van der Waals surface area contributed by atoms with Crippen LogP contribution in [0.3, 0.4) is 0 Å². The molecule has 1 fully saturated rings. The number of benzene rings is 2. The highest BCUT2D eigenvalue weighted by atomic mass is 35.5. The lowest BCUT2D eigenvalue weighted by Gasteiger charge is -2.22. The molecule has 0 radical (unpaired) electrons. The largest absolute Gasteiger partial charge is 0.372 e. The number of hydrogen-bond acceptors (Lipinski definition) is 4. The number of carbonyl (C=O) groups excluding carboxylic acids is 1. The van der Waals surface area contributed by atoms with Gasteiger partial charge in [0.2, 0.25) is 0 Å². The van der Waals surface area contributed by atoms with E-state index < -0.39 is 4.92 Å². The molecule has 1 saturated heterocycles. The van der Waals surface area contributed by atoms with Crippen LogP contribution in [0, 0.1) is 10.1 Å². The molecule has 0 atom stereocenters. The summed E-state index contributed by atoms with van der Waals surface area (Å²) in [6.45, 7) is 2.12. The normalized spacial score (nSPS) is 14.9. The summed E-state index contributed by atoms with van der Waals surface area (Å²) in [5, 5.41) is 11.0. The highest BCUT2D eigenvalue weighted by molar-refractivity contribution is 6.32. The predicted molar refractivity (Wildman–Crippen MR) is 109 cm³/mol. The predicted octanol–water partition coefficient (Wildman–Crippen LogP) is 5.52. The Kier molecular flexibility index (Phi) is 6.24. The van der Waals surface area contributed by atoms with E-state index in [0.29, 0.717) is 11.1 Å². The van der Waals surface area contributed by atoms with Crippen LogP contribution < -0.4 is 4.90 Å². The third-order valence-corrected chi connectivity index (χ3v) is 5.04. The fourth-order valence-electron chi connectivity index (χ4n) is 3.21. The number of anilines is 1. The number of rotatable bonds is 5. The van der Waals surface area contributed by atoms with Gasteiger partial charge in [-0.25, -0.2) is 0 Å². The van der Waals surface area contributed by atoms with Gasteiger partial charge in [-0.1, -0.05) is 36.6 Å². The van der Waals surface area contributed by atoms with Crippen molar-refractivity contribution in [1.82, 2.24) is 0 Å². The van der Waals surface area contributed by atoms with Crippen molar-refractivity contribution < 1.29 is 9.72 Å². The van der Waals surface area contributed by atoms with E-state index >= 15 is 0 Å². The Bertz CT molecular complexity index is 854. The molecule has 0 amide bonds. The summed E-state index contributed by atoms with van der Waals surface area (Å²) in [5.74, 6) is -0.144. The zero-order chi connectivity index (χ0) is 19.2. The van der Waals surface area contributed by atoms with Crippen LogP contribution in [0.2, 0.25) is 5.02 Å². The first kappa shape index (κ1) is 19.1. The van der Waals surface area contributed by atoms with Gasteiger partial charge in [-0.15, -0.1) is 0 Å². The van der Waals surface area contributed by atoms with E-state index in [1.165, 1.54) is 43.9 Å². The molecule has 0 N–H and O–H groups in total. The zero-order valence-electron chi connectivity index (χ0n) is 14.9. The van der Waals surface area contributed by atoms with Crippen molar-refractivity contribution in [3.05, 3.63) is 74.8 Å². The molecule has 6 heteroatoms. The lowest BCUT2D eigenvalue weighted by Crippen LogP contribution is -2.23. The molecule has 0 saturated carbocycles. The Balaban J connectivity index is 1.70. The maximum atomic E-state index is 12.4. The van der Waals surface area contributed by atoms with Crippen molar-refractivity contribution in [1.29, 1.82) is 0 Å². The molecular formula is C21H21ClN2O3. The molecule has 3 rings (SSSR count). The molecule has 1 aliphatic heterocycles. The molecule has 27 heavy (non-hydrogen) atoms. The lowest BCUT2D eigenvalue weighted by atomic mass is 10.1. The Labute approximate surface area is 163 Å². The van der Waals surface area contributed by atoms with Crippen LogP contribution in [0.4, 0.5) is 11.4 Å². The number of nitro benzene ring substituents is 1. The Morgan fingerprint density at radius 2 is 1.70 bits per heavy atom. The minimum atomic E-state index is -0.539. The number of hydrogen-bond donors (Lipinski definition) is 0. The van der Waals surface area contributed by atoms with Gasteiger partial charge in [0.05, 0.1) is 4.92 Å². The summed E-state index contributed by atoms with van der Waals surface area (Å²) in [4.78, 5) is 25.2. The van der Waals surface area contributed by atoms with Crippen LogP contribution in [0.5, 0.6) is 0 Å². The smallest absolute Gasteiger partial charge is 0.288 e. The Morgan fingerprint density at radius 1 is 1.04 bits per heavy atom. The Hall–Kier alpha value is -2.66. The van der Waals surface area contributed by atoms with Gasteiger partial charge in [0.25, 0.3) is 5.69 Å².